The second-order valence-electron chi connectivity index (χ2n) is 7.56. The van der Waals surface area contributed by atoms with Gasteiger partial charge in [-0.1, -0.05) is 48.2 Å². The van der Waals surface area contributed by atoms with Gasteiger partial charge in [0.05, 0.1) is 10.9 Å². The molecule has 1 N–H and O–H groups in total. The van der Waals surface area contributed by atoms with Gasteiger partial charge in [-0.2, -0.15) is 13.2 Å². The number of nitrogens with one attached hydrogen (secondary N) is 1. The Morgan fingerprint density at radius 1 is 1.06 bits per heavy atom. The van der Waals surface area contributed by atoms with Crippen LogP contribution in [-0.2, 0) is 15.7 Å². The van der Waals surface area contributed by atoms with E-state index in [4.69, 9.17) is 4.74 Å². The van der Waals surface area contributed by atoms with E-state index in [0.717, 1.165) is 23.9 Å². The van der Waals surface area contributed by atoms with Crippen molar-refractivity contribution in [3.63, 3.8) is 0 Å². The van der Waals surface area contributed by atoms with Gasteiger partial charge < -0.3 is 10.1 Å². The van der Waals surface area contributed by atoms with Gasteiger partial charge in [-0.15, -0.1) is 0 Å². The second-order valence-corrected chi connectivity index (χ2v) is 8.87. The number of anilines is 2. The number of aromatic nitrogens is 2. The van der Waals surface area contributed by atoms with E-state index >= 15 is 0 Å². The Balaban J connectivity index is 2.03. The first kappa shape index (κ1) is 24.3. The molecule has 1 atom stereocenters. The topological polar surface area (TPSA) is 73.2 Å². The number of halogens is 3. The first-order valence-corrected chi connectivity index (χ1v) is 11.4. The van der Waals surface area contributed by atoms with E-state index in [1.165, 1.54) is 18.4 Å². The van der Waals surface area contributed by atoms with Crippen LogP contribution in [0.5, 0.6) is 0 Å². The number of fused-ring (bicyclic) bond motifs is 1. The predicted octanol–water partition coefficient (Wildman–Crippen LogP) is 6.15. The van der Waals surface area contributed by atoms with E-state index in [1.54, 1.807) is 54.6 Å². The average Bonchev–Trinajstić information content (AvgIpc) is 2.78. The molecule has 0 spiro atoms. The number of ether oxygens (including phenoxy) is 1. The minimum Gasteiger partial charge on any atom is -0.451 e. The Labute approximate surface area is 202 Å². The van der Waals surface area contributed by atoms with Gasteiger partial charge in [0.2, 0.25) is 0 Å². The Morgan fingerprint density at radius 3 is 2.29 bits per heavy atom. The van der Waals surface area contributed by atoms with Crippen LogP contribution in [0.15, 0.2) is 82.6 Å². The fourth-order valence-corrected chi connectivity index (χ4v) is 4.45. The van der Waals surface area contributed by atoms with Crippen LogP contribution >= 0.6 is 11.8 Å². The third kappa shape index (κ3) is 5.48. The van der Waals surface area contributed by atoms with E-state index in [9.17, 15) is 22.8 Å². The lowest BCUT2D eigenvalue weighted by Gasteiger charge is -2.20. The molecule has 0 aliphatic carbocycles. The lowest BCUT2D eigenvalue weighted by molar-refractivity contribution is -0.142. The quantitative estimate of drug-likeness (QED) is 0.195. The number of esters is 1. The summed E-state index contributed by atoms with van der Waals surface area (Å²) < 4.78 is 48.9. The van der Waals surface area contributed by atoms with Crippen LogP contribution in [0.4, 0.5) is 24.7 Å². The maximum Gasteiger partial charge on any atom is 0.417 e. The smallest absolute Gasteiger partial charge is 0.417 e. The average molecular weight is 500 g/mol. The number of hydrogen-bond donors (Lipinski definition) is 1. The van der Waals surface area contributed by atoms with Crippen molar-refractivity contribution in [1.82, 2.24) is 9.55 Å². The minimum absolute atomic E-state index is 0.0421. The number of nitrogens with zero attached hydrogens (tertiary/aromatic N) is 2. The zero-order chi connectivity index (χ0) is 25.2. The number of pyridine rings is 2. The Kier molecular flexibility index (Phi) is 6.83. The summed E-state index contributed by atoms with van der Waals surface area (Å²) in [4.78, 5) is 28.8. The number of rotatable bonds is 6. The number of benzene rings is 2. The van der Waals surface area contributed by atoms with Crippen LogP contribution < -0.4 is 10.7 Å². The highest BCUT2D eigenvalue weighted by Gasteiger charge is 2.36. The van der Waals surface area contributed by atoms with Crippen LogP contribution in [0.1, 0.15) is 19.4 Å². The zero-order valence-electron chi connectivity index (χ0n) is 18.7. The van der Waals surface area contributed by atoms with Gasteiger partial charge >= 0.3 is 12.1 Å². The summed E-state index contributed by atoms with van der Waals surface area (Å²) in [5.41, 5.74) is -1.75. The van der Waals surface area contributed by atoms with Crippen LogP contribution in [-0.4, -0.2) is 21.0 Å². The van der Waals surface area contributed by atoms with Crippen LogP contribution in [0.2, 0.25) is 0 Å². The number of para-hydroxylation sites is 2. The molecule has 4 rings (SSSR count). The maximum atomic E-state index is 14.1. The molecular weight excluding hydrogens is 479 g/mol. The van der Waals surface area contributed by atoms with Gasteiger partial charge in [0.1, 0.15) is 10.8 Å². The van der Waals surface area contributed by atoms with Crippen LogP contribution in [0, 0.1) is 0 Å². The molecule has 0 aliphatic rings. The lowest BCUT2D eigenvalue weighted by Crippen LogP contribution is -2.19. The van der Waals surface area contributed by atoms with Gasteiger partial charge in [-0.25, -0.2) is 4.98 Å². The number of hydrogen-bond acceptors (Lipinski definition) is 6. The van der Waals surface area contributed by atoms with Gasteiger partial charge in [0.25, 0.3) is 0 Å². The van der Waals surface area contributed by atoms with E-state index in [2.05, 4.69) is 10.3 Å². The van der Waals surface area contributed by atoms with Crippen molar-refractivity contribution in [2.24, 2.45) is 0 Å². The van der Waals surface area contributed by atoms with Gasteiger partial charge in [0, 0.05) is 24.4 Å². The summed E-state index contributed by atoms with van der Waals surface area (Å²) in [5, 5.41) is 2.52. The molecule has 10 heteroatoms. The summed E-state index contributed by atoms with van der Waals surface area (Å²) in [6.07, 6.45) is -4.82. The van der Waals surface area contributed by atoms with E-state index in [-0.39, 0.29) is 16.5 Å². The molecule has 0 aliphatic heterocycles. The number of carbonyl (C=O) groups excluding carboxylic acids is 1. The SMILES string of the molecule is CC(=O)OC(C)Sc1cc(C(F)(F)F)c2c(=O)cc(Nc3ccccc3)n(-c3ccccc3)c2n1. The lowest BCUT2D eigenvalue weighted by atomic mass is 10.1. The molecule has 0 saturated carbocycles. The van der Waals surface area contributed by atoms with E-state index in [0.29, 0.717) is 11.4 Å². The molecule has 0 radical (unpaired) electrons. The molecule has 180 valence electrons. The highest BCUT2D eigenvalue weighted by atomic mass is 32.2. The number of thioether (sulfide) groups is 1. The van der Waals surface area contributed by atoms with Crippen molar-refractivity contribution in [3.05, 3.63) is 88.6 Å². The molecule has 6 nitrogen and oxygen atoms in total. The summed E-state index contributed by atoms with van der Waals surface area (Å²) in [6.45, 7) is 2.74. The first-order chi connectivity index (χ1) is 16.6. The second kappa shape index (κ2) is 9.83. The summed E-state index contributed by atoms with van der Waals surface area (Å²) in [6, 6.07) is 19.5. The van der Waals surface area contributed by atoms with Crippen molar-refractivity contribution in [2.45, 2.75) is 30.5 Å². The van der Waals surface area contributed by atoms with Gasteiger partial charge in [-0.3, -0.25) is 14.2 Å². The molecule has 0 saturated heterocycles. The largest absolute Gasteiger partial charge is 0.451 e. The van der Waals surface area contributed by atoms with Crippen LogP contribution in [0.25, 0.3) is 16.7 Å². The highest BCUT2D eigenvalue weighted by molar-refractivity contribution is 7.99. The minimum atomic E-state index is -4.82. The summed E-state index contributed by atoms with van der Waals surface area (Å²) >= 11 is 0.847. The number of alkyl halides is 3. The molecule has 1 unspecified atom stereocenters. The summed E-state index contributed by atoms with van der Waals surface area (Å²) in [7, 11) is 0. The van der Waals surface area contributed by atoms with Crippen molar-refractivity contribution in [3.8, 4) is 5.69 Å². The Hall–Kier alpha value is -3.79. The monoisotopic (exact) mass is 499 g/mol. The van der Waals surface area contributed by atoms with Gasteiger partial charge in [-0.05, 0) is 37.3 Å². The van der Waals surface area contributed by atoms with E-state index < -0.39 is 34.0 Å². The molecule has 35 heavy (non-hydrogen) atoms. The van der Waals surface area contributed by atoms with Crippen LogP contribution in [0.3, 0.4) is 0 Å². The Bertz CT molecular complexity index is 1420. The van der Waals surface area contributed by atoms with E-state index in [1.807, 2.05) is 6.07 Å². The fraction of sp³-hybridized carbons (Fsp3) is 0.160. The molecular formula is C25H20F3N3O3S. The van der Waals surface area contributed by atoms with Crippen molar-refractivity contribution < 1.29 is 22.7 Å². The highest BCUT2D eigenvalue weighted by Crippen LogP contribution is 2.38. The molecule has 0 bridgehead atoms. The zero-order valence-corrected chi connectivity index (χ0v) is 19.5. The predicted molar refractivity (Wildman–Crippen MR) is 129 cm³/mol. The number of carbonyl (C=O) groups is 1. The summed E-state index contributed by atoms with van der Waals surface area (Å²) in [5.74, 6) is -0.326. The van der Waals surface area contributed by atoms with Crippen molar-refractivity contribution in [2.75, 3.05) is 5.32 Å². The fourth-order valence-electron chi connectivity index (χ4n) is 3.60. The third-order valence-electron chi connectivity index (χ3n) is 4.93. The molecule has 0 fully saturated rings. The molecule has 0 amide bonds. The van der Waals surface area contributed by atoms with Crippen molar-refractivity contribution in [1.29, 1.82) is 0 Å². The standard InChI is InChI=1S/C25H20F3N3O3S/c1-15(32)34-16(2)35-22-13-19(25(26,27)28)23-20(33)14-21(29-17-9-5-3-6-10-17)31(24(23)30-22)18-11-7-4-8-12-18/h3-14,16,29H,1-2H3. The molecule has 4 aromatic rings. The maximum absolute atomic E-state index is 14.1. The molecule has 2 aromatic carbocycles. The normalized spacial score (nSPS) is 12.4. The molecule has 2 aromatic heterocycles. The third-order valence-corrected chi connectivity index (χ3v) is 5.81. The van der Waals surface area contributed by atoms with Crippen molar-refractivity contribution >= 4 is 40.3 Å². The van der Waals surface area contributed by atoms with Gasteiger partial charge in [0.15, 0.2) is 16.5 Å². The first-order valence-electron chi connectivity index (χ1n) is 10.5. The Morgan fingerprint density at radius 2 is 1.69 bits per heavy atom. The molecule has 2 heterocycles.